The molecule has 0 saturated heterocycles. The molecular weight excluding hydrogens is 201 g/mol. The predicted molar refractivity (Wildman–Crippen MR) is 67.0 cm³/mol. The number of benzene rings is 1. The fraction of sp³-hybridized carbons (Fsp3) is 0.571. The largest absolute Gasteiger partial charge is 0.314 e. The van der Waals surface area contributed by atoms with Crippen molar-refractivity contribution in [3.05, 3.63) is 35.6 Å². The molecule has 0 aliphatic heterocycles. The molecule has 0 aliphatic rings. The Bertz CT molecular complexity index is 311. The van der Waals surface area contributed by atoms with Gasteiger partial charge in [-0.3, -0.25) is 0 Å². The lowest BCUT2D eigenvalue weighted by molar-refractivity contribution is 0.363. The quantitative estimate of drug-likeness (QED) is 0.779. The highest BCUT2D eigenvalue weighted by Gasteiger charge is 2.16. The van der Waals surface area contributed by atoms with Gasteiger partial charge in [0.05, 0.1) is 0 Å². The minimum atomic E-state index is -0.0790. The summed E-state index contributed by atoms with van der Waals surface area (Å²) in [7, 11) is 0. The Hall–Kier alpha value is -0.890. The maximum atomic E-state index is 13.5. The molecule has 0 amide bonds. The minimum Gasteiger partial charge on any atom is -0.314 e. The van der Waals surface area contributed by atoms with Gasteiger partial charge in [0, 0.05) is 6.04 Å². The van der Waals surface area contributed by atoms with Crippen molar-refractivity contribution in [3.63, 3.8) is 0 Å². The number of halogens is 1. The van der Waals surface area contributed by atoms with Gasteiger partial charge < -0.3 is 5.32 Å². The summed E-state index contributed by atoms with van der Waals surface area (Å²) >= 11 is 0. The van der Waals surface area contributed by atoms with Gasteiger partial charge in [0.1, 0.15) is 5.82 Å². The molecule has 90 valence electrons. The Morgan fingerprint density at radius 2 is 1.94 bits per heavy atom. The maximum absolute atomic E-state index is 13.5. The predicted octanol–water partition coefficient (Wildman–Crippen LogP) is 3.39. The highest BCUT2D eigenvalue weighted by Crippen LogP contribution is 2.18. The normalized spacial score (nSPS) is 14.8. The van der Waals surface area contributed by atoms with Crippen molar-refractivity contribution >= 4 is 0 Å². The van der Waals surface area contributed by atoms with E-state index in [0.29, 0.717) is 12.0 Å². The number of hydrogen-bond donors (Lipinski definition) is 1. The highest BCUT2D eigenvalue weighted by atomic mass is 19.1. The van der Waals surface area contributed by atoms with Gasteiger partial charge in [-0.1, -0.05) is 38.5 Å². The summed E-state index contributed by atoms with van der Waals surface area (Å²) in [6, 6.07) is 7.52. The van der Waals surface area contributed by atoms with Crippen molar-refractivity contribution in [1.82, 2.24) is 5.32 Å². The van der Waals surface area contributed by atoms with E-state index in [1.54, 1.807) is 12.1 Å². The molecule has 0 bridgehead atoms. The van der Waals surface area contributed by atoms with Crippen molar-refractivity contribution < 1.29 is 4.39 Å². The number of hydrogen-bond acceptors (Lipinski definition) is 1. The Labute approximate surface area is 98.1 Å². The zero-order valence-electron chi connectivity index (χ0n) is 10.5. The molecule has 0 aliphatic carbocycles. The SMILES string of the molecule is CCNC(C)C(CC)Cc1ccccc1F. The van der Waals surface area contributed by atoms with Crippen LogP contribution in [0.4, 0.5) is 4.39 Å². The zero-order chi connectivity index (χ0) is 12.0. The third-order valence-corrected chi connectivity index (χ3v) is 3.20. The van der Waals surface area contributed by atoms with Crippen LogP contribution in [0.1, 0.15) is 32.8 Å². The summed E-state index contributed by atoms with van der Waals surface area (Å²) in [5.41, 5.74) is 0.833. The second-order valence-electron chi connectivity index (χ2n) is 4.31. The molecule has 2 atom stereocenters. The van der Waals surface area contributed by atoms with Crippen molar-refractivity contribution in [2.75, 3.05) is 6.54 Å². The molecule has 1 aromatic rings. The molecule has 0 fully saturated rings. The van der Waals surface area contributed by atoms with E-state index in [-0.39, 0.29) is 5.82 Å². The molecule has 2 heteroatoms. The first-order valence-electron chi connectivity index (χ1n) is 6.15. The molecule has 1 aromatic carbocycles. The Morgan fingerprint density at radius 1 is 1.25 bits per heavy atom. The lowest BCUT2D eigenvalue weighted by Gasteiger charge is -2.23. The Kier molecular flexibility index (Phi) is 5.47. The molecule has 16 heavy (non-hydrogen) atoms. The van der Waals surface area contributed by atoms with E-state index in [0.717, 1.165) is 24.9 Å². The molecule has 0 radical (unpaired) electrons. The molecule has 1 rings (SSSR count). The second-order valence-corrected chi connectivity index (χ2v) is 4.31. The average molecular weight is 223 g/mol. The smallest absolute Gasteiger partial charge is 0.126 e. The average Bonchev–Trinajstić information content (AvgIpc) is 2.28. The summed E-state index contributed by atoms with van der Waals surface area (Å²) < 4.78 is 13.5. The van der Waals surface area contributed by atoms with Crippen LogP contribution in [0.25, 0.3) is 0 Å². The van der Waals surface area contributed by atoms with Gasteiger partial charge >= 0.3 is 0 Å². The molecule has 1 nitrogen and oxygen atoms in total. The molecule has 0 aromatic heterocycles. The van der Waals surface area contributed by atoms with Gasteiger partial charge in [-0.05, 0) is 37.4 Å². The summed E-state index contributed by atoms with van der Waals surface area (Å²) in [5, 5.41) is 3.41. The molecule has 1 N–H and O–H groups in total. The fourth-order valence-corrected chi connectivity index (χ4v) is 2.11. The first-order chi connectivity index (χ1) is 7.69. The summed E-state index contributed by atoms with van der Waals surface area (Å²) in [4.78, 5) is 0. The van der Waals surface area contributed by atoms with Crippen molar-refractivity contribution in [3.8, 4) is 0 Å². The van der Waals surface area contributed by atoms with Crippen LogP contribution in [0.5, 0.6) is 0 Å². The zero-order valence-corrected chi connectivity index (χ0v) is 10.5. The summed E-state index contributed by atoms with van der Waals surface area (Å²) in [5.74, 6) is 0.418. The molecule has 0 heterocycles. The van der Waals surface area contributed by atoms with Crippen molar-refractivity contribution in [2.45, 2.75) is 39.7 Å². The van der Waals surface area contributed by atoms with Crippen LogP contribution >= 0.6 is 0 Å². The van der Waals surface area contributed by atoms with Gasteiger partial charge in [-0.25, -0.2) is 4.39 Å². The number of nitrogens with one attached hydrogen (secondary N) is 1. The first-order valence-corrected chi connectivity index (χ1v) is 6.15. The molecule has 2 unspecified atom stereocenters. The van der Waals surface area contributed by atoms with Gasteiger partial charge in [0.15, 0.2) is 0 Å². The van der Waals surface area contributed by atoms with E-state index >= 15 is 0 Å². The van der Waals surface area contributed by atoms with E-state index in [1.807, 2.05) is 12.1 Å². The first kappa shape index (κ1) is 13.2. The fourth-order valence-electron chi connectivity index (χ4n) is 2.11. The Balaban J connectivity index is 2.66. The molecular formula is C14H22FN. The van der Waals surface area contributed by atoms with E-state index in [2.05, 4.69) is 26.1 Å². The lowest BCUT2D eigenvalue weighted by Crippen LogP contribution is -2.34. The third-order valence-electron chi connectivity index (χ3n) is 3.20. The lowest BCUT2D eigenvalue weighted by atomic mass is 9.90. The van der Waals surface area contributed by atoms with E-state index in [4.69, 9.17) is 0 Å². The summed E-state index contributed by atoms with van der Waals surface area (Å²) in [6.45, 7) is 7.42. The standard InChI is InChI=1S/C14H22FN/c1-4-12(11(3)16-5-2)10-13-8-6-7-9-14(13)15/h6-9,11-12,16H,4-5,10H2,1-3H3. The van der Waals surface area contributed by atoms with Gasteiger partial charge in [0.2, 0.25) is 0 Å². The molecule has 0 saturated carbocycles. The second kappa shape index (κ2) is 6.64. The van der Waals surface area contributed by atoms with Crippen LogP contribution in [0.2, 0.25) is 0 Å². The molecule has 0 spiro atoms. The van der Waals surface area contributed by atoms with E-state index in [1.165, 1.54) is 0 Å². The van der Waals surface area contributed by atoms with Crippen LogP contribution in [0, 0.1) is 11.7 Å². The van der Waals surface area contributed by atoms with E-state index in [9.17, 15) is 4.39 Å². The Morgan fingerprint density at radius 3 is 2.50 bits per heavy atom. The van der Waals surface area contributed by atoms with Gasteiger partial charge in [-0.15, -0.1) is 0 Å². The van der Waals surface area contributed by atoms with Crippen LogP contribution in [0.15, 0.2) is 24.3 Å². The summed E-state index contributed by atoms with van der Waals surface area (Å²) in [6.07, 6.45) is 1.89. The van der Waals surface area contributed by atoms with Crippen LogP contribution in [-0.2, 0) is 6.42 Å². The minimum absolute atomic E-state index is 0.0790. The monoisotopic (exact) mass is 223 g/mol. The maximum Gasteiger partial charge on any atom is 0.126 e. The van der Waals surface area contributed by atoms with Gasteiger partial charge in [-0.2, -0.15) is 0 Å². The van der Waals surface area contributed by atoms with E-state index < -0.39 is 0 Å². The van der Waals surface area contributed by atoms with Crippen molar-refractivity contribution in [1.29, 1.82) is 0 Å². The number of rotatable bonds is 6. The van der Waals surface area contributed by atoms with Gasteiger partial charge in [0.25, 0.3) is 0 Å². The van der Waals surface area contributed by atoms with Crippen LogP contribution < -0.4 is 5.32 Å². The van der Waals surface area contributed by atoms with Crippen molar-refractivity contribution in [2.24, 2.45) is 5.92 Å². The topological polar surface area (TPSA) is 12.0 Å². The highest BCUT2D eigenvalue weighted by molar-refractivity contribution is 5.18. The van der Waals surface area contributed by atoms with Crippen LogP contribution in [-0.4, -0.2) is 12.6 Å². The van der Waals surface area contributed by atoms with Crippen LogP contribution in [0.3, 0.4) is 0 Å². The third kappa shape index (κ3) is 3.60.